The molecule has 1 rings (SSSR count). The van der Waals surface area contributed by atoms with E-state index < -0.39 is 12.0 Å². The van der Waals surface area contributed by atoms with Gasteiger partial charge in [0.15, 0.2) is 0 Å². The maximum Gasteiger partial charge on any atom is 0.308 e. The van der Waals surface area contributed by atoms with Gasteiger partial charge in [0.2, 0.25) is 5.91 Å². The Labute approximate surface area is 67.9 Å². The number of halogens is 1. The Morgan fingerprint density at radius 3 is 2.42 bits per heavy atom. The van der Waals surface area contributed by atoms with Crippen molar-refractivity contribution in [3.05, 3.63) is 30.6 Å². The van der Waals surface area contributed by atoms with Gasteiger partial charge < -0.3 is 5.73 Å². The van der Waals surface area contributed by atoms with Crippen LogP contribution in [0.2, 0.25) is 0 Å². The van der Waals surface area contributed by atoms with Gasteiger partial charge in [-0.3, -0.25) is 4.79 Å². The van der Waals surface area contributed by atoms with E-state index in [2.05, 4.69) is 16.5 Å². The zero-order chi connectivity index (χ0) is 9.14. The molecule has 0 aromatic carbocycles. The number of carbonyl (C=O) groups excluding carboxylic acids is 1. The Morgan fingerprint density at radius 1 is 1.50 bits per heavy atom. The largest absolute Gasteiger partial charge is 0.366 e. The highest BCUT2D eigenvalue weighted by atomic mass is 19.1. The second-order valence-electron chi connectivity index (χ2n) is 2.08. The number of amides is 1. The molecule has 4 nitrogen and oxygen atoms in total. The highest BCUT2D eigenvalue weighted by Crippen LogP contribution is 2.07. The third-order valence-electron chi connectivity index (χ3n) is 1.27. The van der Waals surface area contributed by atoms with Crippen molar-refractivity contribution in [2.75, 3.05) is 0 Å². The molecule has 0 aliphatic carbocycles. The summed E-state index contributed by atoms with van der Waals surface area (Å²) in [6.45, 7) is 3.38. The summed E-state index contributed by atoms with van der Waals surface area (Å²) in [6.07, 6.45) is 1.45. The van der Waals surface area contributed by atoms with Gasteiger partial charge in [0, 0.05) is 23.5 Å². The molecule has 2 N–H and O–H groups in total. The number of aromatic nitrogens is 2. The van der Waals surface area contributed by atoms with E-state index in [0.717, 1.165) is 12.4 Å². The topological polar surface area (TPSA) is 68.9 Å². The van der Waals surface area contributed by atoms with Crippen LogP contribution in [0, 0.1) is 6.08 Å². The van der Waals surface area contributed by atoms with E-state index in [4.69, 9.17) is 5.73 Å². The molecule has 5 heteroatoms. The van der Waals surface area contributed by atoms with Crippen LogP contribution in [0.15, 0.2) is 19.0 Å². The van der Waals surface area contributed by atoms with Gasteiger partial charge in [-0.25, -0.2) is 9.97 Å². The molecule has 0 fully saturated rings. The number of hydrogen-bond donors (Lipinski definition) is 1. The first-order valence-corrected chi connectivity index (χ1v) is 3.08. The molecule has 0 saturated heterocycles. The average molecular weight is 167 g/mol. The molecule has 12 heavy (non-hydrogen) atoms. The first-order chi connectivity index (χ1) is 5.61. The number of carbonyl (C=O) groups is 1. The summed E-state index contributed by atoms with van der Waals surface area (Å²) >= 11 is 0. The lowest BCUT2D eigenvalue weighted by atomic mass is 10.1. The Balaban J connectivity index is 2.98. The van der Waals surface area contributed by atoms with Gasteiger partial charge in [-0.2, -0.15) is 4.39 Å². The number of hydrogen-bond acceptors (Lipinski definition) is 3. The molecule has 0 aliphatic heterocycles. The van der Waals surface area contributed by atoms with E-state index in [9.17, 15) is 9.18 Å². The lowest BCUT2D eigenvalue weighted by Crippen LogP contribution is -2.12. The van der Waals surface area contributed by atoms with Crippen LogP contribution < -0.4 is 5.73 Å². The van der Waals surface area contributed by atoms with Gasteiger partial charge >= 0.3 is 6.08 Å². The van der Waals surface area contributed by atoms with Crippen LogP contribution >= 0.6 is 0 Å². The van der Waals surface area contributed by atoms with Gasteiger partial charge in [-0.15, -0.1) is 0 Å². The van der Waals surface area contributed by atoms with Crippen molar-refractivity contribution < 1.29 is 9.18 Å². The van der Waals surface area contributed by atoms with Crippen LogP contribution in [-0.2, 0) is 4.79 Å². The van der Waals surface area contributed by atoms with Gasteiger partial charge in [-0.1, -0.05) is 6.58 Å². The molecular formula is C7H6FN3O. The zero-order valence-corrected chi connectivity index (χ0v) is 6.12. The van der Waals surface area contributed by atoms with E-state index in [-0.39, 0.29) is 5.57 Å². The average Bonchev–Trinajstić information content (AvgIpc) is 2.04. The summed E-state index contributed by atoms with van der Waals surface area (Å²) < 4.78 is 12.2. The van der Waals surface area contributed by atoms with Crippen molar-refractivity contribution in [1.29, 1.82) is 0 Å². The molecule has 0 bridgehead atoms. The van der Waals surface area contributed by atoms with Crippen molar-refractivity contribution in [1.82, 2.24) is 9.97 Å². The highest BCUT2D eigenvalue weighted by Gasteiger charge is 2.05. The maximum atomic E-state index is 12.2. The van der Waals surface area contributed by atoms with Crippen LogP contribution in [0.4, 0.5) is 4.39 Å². The monoisotopic (exact) mass is 167 g/mol. The van der Waals surface area contributed by atoms with E-state index in [0.29, 0.717) is 5.56 Å². The van der Waals surface area contributed by atoms with Crippen LogP contribution in [0.1, 0.15) is 5.56 Å². The summed E-state index contributed by atoms with van der Waals surface area (Å²) in [4.78, 5) is 17.0. The minimum atomic E-state index is -0.851. The van der Waals surface area contributed by atoms with Crippen LogP contribution in [0.5, 0.6) is 0 Å². The Kier molecular flexibility index (Phi) is 2.14. The summed E-state index contributed by atoms with van der Waals surface area (Å²) in [5.41, 5.74) is 5.31. The minimum Gasteiger partial charge on any atom is -0.366 e. The lowest BCUT2D eigenvalue weighted by molar-refractivity contribution is -0.112. The molecular weight excluding hydrogens is 161 g/mol. The molecule has 1 aromatic rings. The molecule has 0 atom stereocenters. The molecule has 0 unspecified atom stereocenters. The second kappa shape index (κ2) is 3.08. The fourth-order valence-corrected chi connectivity index (χ4v) is 0.610. The van der Waals surface area contributed by atoms with E-state index in [1.165, 1.54) is 0 Å². The van der Waals surface area contributed by atoms with Crippen molar-refractivity contribution >= 4 is 11.5 Å². The zero-order valence-electron chi connectivity index (χ0n) is 6.12. The lowest BCUT2D eigenvalue weighted by Gasteiger charge is -1.97. The Hall–Kier alpha value is -1.78. The van der Waals surface area contributed by atoms with Gasteiger partial charge in [-0.05, 0) is 0 Å². The van der Waals surface area contributed by atoms with E-state index in [1.54, 1.807) is 0 Å². The minimum absolute atomic E-state index is 0.0648. The fourth-order valence-electron chi connectivity index (χ4n) is 0.610. The third kappa shape index (κ3) is 1.63. The van der Waals surface area contributed by atoms with E-state index >= 15 is 0 Å². The summed E-state index contributed by atoms with van der Waals surface area (Å²) in [5, 5.41) is 0. The van der Waals surface area contributed by atoms with Crippen LogP contribution in [-0.4, -0.2) is 15.9 Å². The smallest absolute Gasteiger partial charge is 0.308 e. The molecule has 1 aromatic heterocycles. The third-order valence-corrected chi connectivity index (χ3v) is 1.27. The number of nitrogens with two attached hydrogens (primary N) is 1. The van der Waals surface area contributed by atoms with Crippen molar-refractivity contribution in [2.24, 2.45) is 5.73 Å². The molecule has 0 aliphatic rings. The van der Waals surface area contributed by atoms with Gasteiger partial charge in [0.05, 0.1) is 0 Å². The van der Waals surface area contributed by atoms with Gasteiger partial charge in [0.1, 0.15) is 0 Å². The molecule has 62 valence electrons. The fraction of sp³-hybridized carbons (Fsp3) is 0. The highest BCUT2D eigenvalue weighted by molar-refractivity contribution is 6.17. The molecule has 1 amide bonds. The van der Waals surface area contributed by atoms with Crippen molar-refractivity contribution in [3.8, 4) is 0 Å². The molecule has 0 saturated carbocycles. The first-order valence-electron chi connectivity index (χ1n) is 3.08. The number of primary amides is 1. The molecule has 0 spiro atoms. The maximum absolute atomic E-state index is 12.2. The Bertz CT molecular complexity index is 320. The SMILES string of the molecule is C=C(C(N)=O)c1cnc(F)nc1. The summed E-state index contributed by atoms with van der Waals surface area (Å²) in [7, 11) is 0. The van der Waals surface area contributed by atoms with E-state index in [1.807, 2.05) is 0 Å². The normalized spacial score (nSPS) is 9.42. The van der Waals surface area contributed by atoms with Crippen LogP contribution in [0.25, 0.3) is 5.57 Å². The number of nitrogens with zero attached hydrogens (tertiary/aromatic N) is 2. The van der Waals surface area contributed by atoms with Gasteiger partial charge in [0.25, 0.3) is 0 Å². The molecule has 1 heterocycles. The second-order valence-corrected chi connectivity index (χ2v) is 2.08. The predicted octanol–water partition coefficient (Wildman–Crippen LogP) is 0.114. The first kappa shape index (κ1) is 8.32. The standard InChI is InChI=1S/C7H6FN3O/c1-4(6(9)12)5-2-10-7(8)11-3-5/h2-3H,1H2,(H2,9,12). The number of rotatable bonds is 2. The van der Waals surface area contributed by atoms with Crippen molar-refractivity contribution in [3.63, 3.8) is 0 Å². The molecule has 0 radical (unpaired) electrons. The quantitative estimate of drug-likeness (QED) is 0.502. The summed E-state index contributed by atoms with van der Waals surface area (Å²) in [5.74, 6) is -0.676. The van der Waals surface area contributed by atoms with Crippen molar-refractivity contribution in [2.45, 2.75) is 0 Å². The summed E-state index contributed by atoms with van der Waals surface area (Å²) in [6, 6.07) is 0. The van der Waals surface area contributed by atoms with Crippen LogP contribution in [0.3, 0.4) is 0 Å². The Morgan fingerprint density at radius 2 is 2.00 bits per heavy atom. The predicted molar refractivity (Wildman–Crippen MR) is 40.2 cm³/mol.